The van der Waals surface area contributed by atoms with E-state index < -0.39 is 11.6 Å². The van der Waals surface area contributed by atoms with Crippen LogP contribution >= 0.6 is 0 Å². The minimum absolute atomic E-state index is 0.112. The van der Waals surface area contributed by atoms with Gasteiger partial charge in [0, 0.05) is 35.0 Å². The van der Waals surface area contributed by atoms with E-state index in [0.717, 1.165) is 46.6 Å². The molecule has 2 aromatic rings. The Kier molecular flexibility index (Phi) is 3.75. The molecule has 2 atom stereocenters. The van der Waals surface area contributed by atoms with Crippen molar-refractivity contribution >= 4 is 11.4 Å². The third kappa shape index (κ3) is 2.31. The van der Waals surface area contributed by atoms with E-state index in [1.807, 2.05) is 20.8 Å². The Morgan fingerprint density at radius 1 is 1.23 bits per heavy atom. The van der Waals surface area contributed by atoms with Crippen LogP contribution in [0.15, 0.2) is 24.3 Å². The average molecular weight is 347 g/mol. The van der Waals surface area contributed by atoms with E-state index >= 15 is 0 Å². The molecule has 0 saturated heterocycles. The predicted octanol–water partition coefficient (Wildman–Crippen LogP) is 4.17. The summed E-state index contributed by atoms with van der Waals surface area (Å²) in [5, 5.41) is 27.8. The number of aryl methyl sites for hydroxylation is 1. The van der Waals surface area contributed by atoms with Gasteiger partial charge < -0.3 is 15.7 Å². The van der Waals surface area contributed by atoms with Crippen LogP contribution in [0.3, 0.4) is 0 Å². The van der Waals surface area contributed by atoms with E-state index in [4.69, 9.17) is 0 Å². The highest BCUT2D eigenvalue weighted by Crippen LogP contribution is 2.47. The van der Waals surface area contributed by atoms with E-state index in [-0.39, 0.29) is 5.92 Å². The molecule has 0 aliphatic carbocycles. The smallest absolute Gasteiger partial charge is 0.100 e. The van der Waals surface area contributed by atoms with Gasteiger partial charge in [-0.2, -0.15) is 5.26 Å². The Morgan fingerprint density at radius 2 is 2.00 bits per heavy atom. The molecule has 0 amide bonds. The number of aliphatic hydroxyl groups is 1. The second-order valence-corrected chi connectivity index (χ2v) is 8.11. The summed E-state index contributed by atoms with van der Waals surface area (Å²) in [4.78, 5) is 0. The Hall–Kier alpha value is -2.51. The quantitative estimate of drug-likeness (QED) is 0.724. The first-order chi connectivity index (χ1) is 12.3. The molecule has 4 heteroatoms. The number of aliphatic hydroxyl groups excluding tert-OH is 1. The summed E-state index contributed by atoms with van der Waals surface area (Å²) in [5.41, 5.74) is 7.75. The van der Waals surface area contributed by atoms with Crippen molar-refractivity contribution in [3.63, 3.8) is 0 Å². The summed E-state index contributed by atoms with van der Waals surface area (Å²) in [6.45, 7) is 9.04. The number of para-hydroxylation sites is 1. The lowest BCUT2D eigenvalue weighted by Crippen LogP contribution is -2.50. The van der Waals surface area contributed by atoms with Crippen LogP contribution in [0.5, 0.6) is 0 Å². The standard InChI is InChI=1S/C22H25N3O/c1-12-10-16(15-7-5-6-14-8-9-24-20(14)15)17(11-23)18-13(2)21(26)22(3,4)25-19(12)18/h5-7,10,13,21,24-26H,8-9H2,1-4H3/t13-,21+/m0/s1. The normalized spacial score (nSPS) is 22.6. The first-order valence-corrected chi connectivity index (χ1v) is 9.25. The summed E-state index contributed by atoms with van der Waals surface area (Å²) in [6, 6.07) is 10.8. The largest absolute Gasteiger partial charge is 0.390 e. The van der Waals surface area contributed by atoms with Crippen molar-refractivity contribution in [2.24, 2.45) is 0 Å². The average Bonchev–Trinajstić information content (AvgIpc) is 3.09. The monoisotopic (exact) mass is 347 g/mol. The number of anilines is 2. The van der Waals surface area contributed by atoms with Crippen molar-refractivity contribution in [2.75, 3.05) is 17.2 Å². The van der Waals surface area contributed by atoms with E-state index in [1.165, 1.54) is 5.56 Å². The van der Waals surface area contributed by atoms with Gasteiger partial charge in [-0.1, -0.05) is 25.1 Å². The van der Waals surface area contributed by atoms with E-state index in [9.17, 15) is 10.4 Å². The van der Waals surface area contributed by atoms with Gasteiger partial charge in [0.25, 0.3) is 0 Å². The van der Waals surface area contributed by atoms with Gasteiger partial charge >= 0.3 is 0 Å². The highest BCUT2D eigenvalue weighted by atomic mass is 16.3. The minimum Gasteiger partial charge on any atom is -0.390 e. The van der Waals surface area contributed by atoms with Crippen LogP contribution in [0.1, 0.15) is 48.9 Å². The maximum Gasteiger partial charge on any atom is 0.100 e. The number of hydrogen-bond donors (Lipinski definition) is 3. The zero-order chi connectivity index (χ0) is 18.6. The molecular weight excluding hydrogens is 322 g/mol. The maximum absolute atomic E-state index is 10.8. The van der Waals surface area contributed by atoms with Crippen LogP contribution in [-0.2, 0) is 6.42 Å². The fourth-order valence-electron chi connectivity index (χ4n) is 4.54. The Balaban J connectivity index is 2.00. The summed E-state index contributed by atoms with van der Waals surface area (Å²) < 4.78 is 0. The molecule has 2 heterocycles. The summed E-state index contributed by atoms with van der Waals surface area (Å²) in [5.74, 6) is -0.112. The third-order valence-corrected chi connectivity index (χ3v) is 5.93. The number of nitrogens with zero attached hydrogens (tertiary/aromatic N) is 1. The summed E-state index contributed by atoms with van der Waals surface area (Å²) in [7, 11) is 0. The zero-order valence-corrected chi connectivity index (χ0v) is 15.8. The van der Waals surface area contributed by atoms with Gasteiger partial charge in [0.1, 0.15) is 6.07 Å². The van der Waals surface area contributed by atoms with Gasteiger partial charge in [-0.15, -0.1) is 0 Å². The first-order valence-electron chi connectivity index (χ1n) is 9.25. The molecule has 3 N–H and O–H groups in total. The van der Waals surface area contributed by atoms with Crippen LogP contribution in [0.25, 0.3) is 11.1 Å². The van der Waals surface area contributed by atoms with Gasteiger partial charge in [-0.25, -0.2) is 0 Å². The topological polar surface area (TPSA) is 68.1 Å². The summed E-state index contributed by atoms with van der Waals surface area (Å²) in [6.07, 6.45) is 0.455. The number of rotatable bonds is 1. The molecule has 26 heavy (non-hydrogen) atoms. The van der Waals surface area contributed by atoms with Gasteiger partial charge in [-0.05, 0) is 49.9 Å². The minimum atomic E-state index is -0.559. The zero-order valence-electron chi connectivity index (χ0n) is 15.8. The molecule has 0 unspecified atom stereocenters. The van der Waals surface area contributed by atoms with Crippen molar-refractivity contribution < 1.29 is 5.11 Å². The fraction of sp³-hybridized carbons (Fsp3) is 0.409. The van der Waals surface area contributed by atoms with Crippen LogP contribution in [-0.4, -0.2) is 23.3 Å². The lowest BCUT2D eigenvalue weighted by molar-refractivity contribution is 0.0868. The Bertz CT molecular complexity index is 939. The molecule has 0 radical (unpaired) electrons. The molecule has 0 bridgehead atoms. The third-order valence-electron chi connectivity index (χ3n) is 5.93. The number of hydrogen-bond acceptors (Lipinski definition) is 4. The molecular formula is C22H25N3O. The fourth-order valence-corrected chi connectivity index (χ4v) is 4.54. The summed E-state index contributed by atoms with van der Waals surface area (Å²) >= 11 is 0. The van der Waals surface area contributed by atoms with Gasteiger partial charge in [0.15, 0.2) is 0 Å². The van der Waals surface area contributed by atoms with Crippen LogP contribution in [0, 0.1) is 18.3 Å². The molecule has 0 saturated carbocycles. The second-order valence-electron chi connectivity index (χ2n) is 8.11. The van der Waals surface area contributed by atoms with Crippen LogP contribution in [0.2, 0.25) is 0 Å². The van der Waals surface area contributed by atoms with Crippen LogP contribution in [0.4, 0.5) is 11.4 Å². The number of nitriles is 1. The molecule has 0 spiro atoms. The first kappa shape index (κ1) is 16.9. The number of benzene rings is 2. The van der Waals surface area contributed by atoms with Gasteiger partial charge in [-0.3, -0.25) is 0 Å². The van der Waals surface area contributed by atoms with Crippen molar-refractivity contribution in [1.82, 2.24) is 0 Å². The van der Waals surface area contributed by atoms with E-state index in [1.54, 1.807) is 0 Å². The van der Waals surface area contributed by atoms with Gasteiger partial charge in [0.2, 0.25) is 0 Å². The highest BCUT2D eigenvalue weighted by molar-refractivity contribution is 5.88. The van der Waals surface area contributed by atoms with E-state index in [2.05, 4.69) is 47.9 Å². The Labute approximate surface area is 154 Å². The molecule has 2 aliphatic rings. The van der Waals surface area contributed by atoms with Crippen molar-refractivity contribution in [1.29, 1.82) is 5.26 Å². The van der Waals surface area contributed by atoms with Crippen molar-refractivity contribution in [3.05, 3.63) is 46.5 Å². The number of fused-ring (bicyclic) bond motifs is 2. The highest BCUT2D eigenvalue weighted by Gasteiger charge is 2.41. The molecule has 4 rings (SSSR count). The molecule has 2 aliphatic heterocycles. The van der Waals surface area contributed by atoms with E-state index in [0.29, 0.717) is 5.56 Å². The Morgan fingerprint density at radius 3 is 2.73 bits per heavy atom. The predicted molar refractivity (Wildman–Crippen MR) is 106 cm³/mol. The van der Waals surface area contributed by atoms with Crippen LogP contribution < -0.4 is 10.6 Å². The SMILES string of the molecule is Cc1cc(-c2cccc3c2NCC3)c(C#N)c2c1NC(C)(C)[C@H](O)[C@H]2C. The molecule has 134 valence electrons. The van der Waals surface area contributed by atoms with Gasteiger partial charge in [0.05, 0.1) is 17.2 Å². The molecule has 0 aromatic heterocycles. The lowest BCUT2D eigenvalue weighted by Gasteiger charge is -2.43. The van der Waals surface area contributed by atoms with Crippen molar-refractivity contribution in [3.8, 4) is 17.2 Å². The molecule has 2 aromatic carbocycles. The molecule has 0 fully saturated rings. The molecule has 4 nitrogen and oxygen atoms in total. The maximum atomic E-state index is 10.8. The number of nitrogens with one attached hydrogen (secondary N) is 2. The van der Waals surface area contributed by atoms with Crippen molar-refractivity contribution in [2.45, 2.75) is 51.7 Å². The lowest BCUT2D eigenvalue weighted by atomic mass is 9.75. The second kappa shape index (κ2) is 5.75.